The van der Waals surface area contributed by atoms with E-state index in [1.165, 1.54) is 4.90 Å². The first-order chi connectivity index (χ1) is 14.5. The number of nitrogens with zero attached hydrogens (tertiary/aromatic N) is 2. The Labute approximate surface area is 180 Å². The molecule has 0 radical (unpaired) electrons. The minimum atomic E-state index is -0.831. The summed E-state index contributed by atoms with van der Waals surface area (Å²) in [5, 5.41) is 2.76. The van der Waals surface area contributed by atoms with Gasteiger partial charge in [-0.25, -0.2) is 13.6 Å². The smallest absolute Gasteiger partial charge is 0.407 e. The molecule has 1 aromatic carbocycles. The number of alkyl carbamates (subject to hydrolysis) is 1. The Kier molecular flexibility index (Phi) is 6.81. The lowest BCUT2D eigenvalue weighted by molar-refractivity contribution is -0.141. The van der Waals surface area contributed by atoms with Gasteiger partial charge in [0.25, 0.3) is 0 Å². The van der Waals surface area contributed by atoms with E-state index in [-0.39, 0.29) is 24.1 Å². The molecule has 9 heteroatoms. The van der Waals surface area contributed by atoms with Gasteiger partial charge in [0, 0.05) is 37.9 Å². The average Bonchev–Trinajstić information content (AvgIpc) is 3.05. The lowest BCUT2D eigenvalue weighted by Crippen LogP contribution is -2.46. The van der Waals surface area contributed by atoms with Gasteiger partial charge in [-0.3, -0.25) is 9.59 Å². The maximum Gasteiger partial charge on any atom is 0.407 e. The summed E-state index contributed by atoms with van der Waals surface area (Å²) >= 11 is 0. The monoisotopic (exact) mass is 437 g/mol. The first kappa shape index (κ1) is 23.0. The van der Waals surface area contributed by atoms with Crippen molar-refractivity contribution >= 4 is 23.6 Å². The van der Waals surface area contributed by atoms with Crippen LogP contribution in [0.3, 0.4) is 0 Å². The van der Waals surface area contributed by atoms with Crippen molar-refractivity contribution in [2.75, 3.05) is 31.1 Å². The van der Waals surface area contributed by atoms with Crippen LogP contribution in [-0.4, -0.2) is 54.6 Å². The van der Waals surface area contributed by atoms with Crippen LogP contribution in [0.25, 0.3) is 0 Å². The van der Waals surface area contributed by atoms with Gasteiger partial charge in [0.2, 0.25) is 11.8 Å². The van der Waals surface area contributed by atoms with Gasteiger partial charge in [0.05, 0.1) is 0 Å². The largest absolute Gasteiger partial charge is 0.444 e. The number of hydrogen-bond donors (Lipinski definition) is 1. The number of anilines is 1. The van der Waals surface area contributed by atoms with E-state index in [1.807, 2.05) is 0 Å². The minimum absolute atomic E-state index is 0.129. The number of likely N-dealkylation sites (tertiary alicyclic amines) is 1. The van der Waals surface area contributed by atoms with Crippen molar-refractivity contribution in [3.05, 3.63) is 29.8 Å². The number of piperidine rings is 1. The van der Waals surface area contributed by atoms with Crippen molar-refractivity contribution in [2.24, 2.45) is 11.8 Å². The minimum Gasteiger partial charge on any atom is -0.444 e. The maximum absolute atomic E-state index is 13.5. The second-order valence-corrected chi connectivity index (χ2v) is 9.11. The fraction of sp³-hybridized carbons (Fsp3) is 0.591. The van der Waals surface area contributed by atoms with E-state index >= 15 is 0 Å². The van der Waals surface area contributed by atoms with Crippen LogP contribution in [0.1, 0.15) is 40.0 Å². The molecule has 31 heavy (non-hydrogen) atoms. The molecule has 0 bridgehead atoms. The fourth-order valence-electron chi connectivity index (χ4n) is 3.98. The molecule has 2 fully saturated rings. The van der Waals surface area contributed by atoms with E-state index in [0.29, 0.717) is 38.9 Å². The van der Waals surface area contributed by atoms with Crippen LogP contribution in [0.15, 0.2) is 18.2 Å². The summed E-state index contributed by atoms with van der Waals surface area (Å²) in [5.41, 5.74) is -0.427. The van der Waals surface area contributed by atoms with E-state index in [1.54, 1.807) is 25.7 Å². The van der Waals surface area contributed by atoms with Crippen molar-refractivity contribution in [1.29, 1.82) is 0 Å². The van der Waals surface area contributed by atoms with E-state index < -0.39 is 35.2 Å². The lowest BCUT2D eigenvalue weighted by atomic mass is 9.95. The summed E-state index contributed by atoms with van der Waals surface area (Å²) < 4.78 is 32.2. The zero-order valence-electron chi connectivity index (χ0n) is 18.1. The van der Waals surface area contributed by atoms with Crippen LogP contribution in [0.5, 0.6) is 0 Å². The Bertz CT molecular complexity index is 827. The number of ether oxygens (including phenoxy) is 1. The average molecular weight is 437 g/mol. The van der Waals surface area contributed by atoms with Crippen molar-refractivity contribution in [3.8, 4) is 0 Å². The third kappa shape index (κ3) is 5.92. The Morgan fingerprint density at radius 2 is 1.68 bits per heavy atom. The van der Waals surface area contributed by atoms with Crippen molar-refractivity contribution in [3.63, 3.8) is 0 Å². The van der Waals surface area contributed by atoms with E-state index in [0.717, 1.165) is 18.2 Å². The molecular weight excluding hydrogens is 408 g/mol. The molecule has 0 saturated carbocycles. The van der Waals surface area contributed by atoms with Gasteiger partial charge in [0.15, 0.2) is 0 Å². The Morgan fingerprint density at radius 3 is 2.26 bits per heavy atom. The second kappa shape index (κ2) is 9.20. The van der Waals surface area contributed by atoms with Crippen molar-refractivity contribution in [2.45, 2.75) is 45.6 Å². The molecule has 3 rings (SSSR count). The predicted octanol–water partition coefficient (Wildman–Crippen LogP) is 3.08. The summed E-state index contributed by atoms with van der Waals surface area (Å²) in [6.45, 7) is 7.11. The molecule has 2 saturated heterocycles. The summed E-state index contributed by atoms with van der Waals surface area (Å²) in [5.74, 6) is -2.81. The Hall–Kier alpha value is -2.71. The molecule has 7 nitrogen and oxygen atoms in total. The number of carbonyl (C=O) groups excluding carboxylic acids is 3. The predicted molar refractivity (Wildman–Crippen MR) is 110 cm³/mol. The number of rotatable bonds is 4. The summed E-state index contributed by atoms with van der Waals surface area (Å²) in [6.07, 6.45) is 1.27. The number of halogens is 2. The number of hydrogen-bond acceptors (Lipinski definition) is 4. The lowest BCUT2D eigenvalue weighted by Gasteiger charge is -2.33. The third-order valence-electron chi connectivity index (χ3n) is 5.52. The molecule has 0 aromatic heterocycles. The van der Waals surface area contributed by atoms with Gasteiger partial charge in [-0.05, 0) is 58.1 Å². The molecule has 2 aliphatic heterocycles. The number of amides is 3. The van der Waals surface area contributed by atoms with Gasteiger partial charge in [-0.2, -0.15) is 0 Å². The van der Waals surface area contributed by atoms with Crippen molar-refractivity contribution in [1.82, 2.24) is 10.2 Å². The van der Waals surface area contributed by atoms with E-state index in [4.69, 9.17) is 4.74 Å². The molecule has 1 atom stereocenters. The summed E-state index contributed by atoms with van der Waals surface area (Å²) in [4.78, 5) is 40.4. The van der Waals surface area contributed by atoms with E-state index in [2.05, 4.69) is 5.32 Å². The summed E-state index contributed by atoms with van der Waals surface area (Å²) in [6, 6.07) is 2.93. The Morgan fingerprint density at radius 1 is 1.06 bits per heavy atom. The zero-order valence-corrected chi connectivity index (χ0v) is 18.1. The highest BCUT2D eigenvalue weighted by molar-refractivity contribution is 6.09. The van der Waals surface area contributed by atoms with Crippen LogP contribution in [0.2, 0.25) is 0 Å². The quantitative estimate of drug-likeness (QED) is 0.735. The SMILES string of the molecule is CC(C)(C)OC(=O)NCC1CCN(C(=O)C2CCN(c3cc(F)cc(F)c3)C2=O)CC1. The molecule has 1 unspecified atom stereocenters. The van der Waals surface area contributed by atoms with Gasteiger partial charge in [0.1, 0.15) is 23.2 Å². The third-order valence-corrected chi connectivity index (χ3v) is 5.52. The first-order valence-corrected chi connectivity index (χ1v) is 10.6. The molecule has 0 aliphatic carbocycles. The maximum atomic E-state index is 13.5. The molecular formula is C22H29F2N3O4. The molecule has 1 aromatic rings. The van der Waals surface area contributed by atoms with Gasteiger partial charge in [-0.1, -0.05) is 0 Å². The molecule has 2 aliphatic rings. The number of carbonyl (C=O) groups is 3. The standard InChI is InChI=1S/C22H29F2N3O4/c1-22(2,3)31-21(30)25-13-14-4-7-26(8-5-14)19(28)18-6-9-27(20(18)29)17-11-15(23)10-16(24)12-17/h10-12,14,18H,4-9,13H2,1-3H3,(H,25,30). The van der Waals surface area contributed by atoms with Crippen LogP contribution in [0, 0.1) is 23.5 Å². The molecule has 1 N–H and O–H groups in total. The highest BCUT2D eigenvalue weighted by Crippen LogP contribution is 2.29. The van der Waals surface area contributed by atoms with Crippen LogP contribution < -0.4 is 10.2 Å². The fourth-order valence-corrected chi connectivity index (χ4v) is 3.98. The molecule has 3 amide bonds. The molecule has 0 spiro atoms. The Balaban J connectivity index is 1.49. The van der Waals surface area contributed by atoms with Crippen LogP contribution in [0.4, 0.5) is 19.3 Å². The van der Waals surface area contributed by atoms with Gasteiger partial charge >= 0.3 is 6.09 Å². The van der Waals surface area contributed by atoms with Crippen molar-refractivity contribution < 1.29 is 27.9 Å². The number of nitrogens with one attached hydrogen (secondary N) is 1. The normalized spacial score (nSPS) is 20.2. The number of benzene rings is 1. The van der Waals surface area contributed by atoms with Gasteiger partial charge in [-0.15, -0.1) is 0 Å². The molecule has 170 valence electrons. The summed E-state index contributed by atoms with van der Waals surface area (Å²) in [7, 11) is 0. The van der Waals surface area contributed by atoms with E-state index in [9.17, 15) is 23.2 Å². The second-order valence-electron chi connectivity index (χ2n) is 9.11. The zero-order chi connectivity index (χ0) is 22.8. The van der Waals surface area contributed by atoms with Crippen LogP contribution in [-0.2, 0) is 14.3 Å². The van der Waals surface area contributed by atoms with Gasteiger partial charge < -0.3 is 19.9 Å². The van der Waals surface area contributed by atoms with Crippen LogP contribution >= 0.6 is 0 Å². The topological polar surface area (TPSA) is 79.0 Å². The highest BCUT2D eigenvalue weighted by Gasteiger charge is 2.40. The molecule has 2 heterocycles. The highest BCUT2D eigenvalue weighted by atomic mass is 19.1. The first-order valence-electron chi connectivity index (χ1n) is 10.6.